The van der Waals surface area contributed by atoms with Gasteiger partial charge in [0.2, 0.25) is 0 Å². The van der Waals surface area contributed by atoms with Gasteiger partial charge in [-0.3, -0.25) is 4.68 Å². The molecule has 4 nitrogen and oxygen atoms in total. The fourth-order valence-electron chi connectivity index (χ4n) is 2.52. The Kier molecular flexibility index (Phi) is 3.63. The molecule has 1 aliphatic heterocycles. The maximum absolute atomic E-state index is 6.16. The third-order valence-corrected chi connectivity index (χ3v) is 4.30. The van der Waals surface area contributed by atoms with Crippen molar-refractivity contribution in [2.24, 2.45) is 7.05 Å². The van der Waals surface area contributed by atoms with Crippen molar-refractivity contribution in [1.29, 1.82) is 0 Å². The van der Waals surface area contributed by atoms with Gasteiger partial charge < -0.3 is 10.5 Å². The lowest BCUT2D eigenvalue weighted by atomic mass is 10.0. The second-order valence-corrected chi connectivity index (χ2v) is 5.71. The number of benzene rings is 1. The van der Waals surface area contributed by atoms with E-state index < -0.39 is 0 Å². The van der Waals surface area contributed by atoms with Crippen molar-refractivity contribution in [2.45, 2.75) is 18.9 Å². The van der Waals surface area contributed by atoms with E-state index in [0.29, 0.717) is 15.9 Å². The molecule has 1 aromatic heterocycles. The summed E-state index contributed by atoms with van der Waals surface area (Å²) in [4.78, 5) is 0. The number of anilines is 1. The zero-order chi connectivity index (χ0) is 14.3. The summed E-state index contributed by atoms with van der Waals surface area (Å²) < 4.78 is 7.41. The minimum atomic E-state index is 0.00273. The Morgan fingerprint density at radius 3 is 2.80 bits per heavy atom. The van der Waals surface area contributed by atoms with E-state index in [2.05, 4.69) is 5.10 Å². The Balaban J connectivity index is 2.13. The van der Waals surface area contributed by atoms with Crippen LogP contribution in [0.3, 0.4) is 0 Å². The van der Waals surface area contributed by atoms with Crippen LogP contribution in [0.1, 0.15) is 24.6 Å². The Bertz CT molecular complexity index is 648. The monoisotopic (exact) mass is 311 g/mol. The van der Waals surface area contributed by atoms with E-state index in [9.17, 15) is 0 Å². The van der Waals surface area contributed by atoms with Crippen molar-refractivity contribution in [3.05, 3.63) is 33.9 Å². The molecule has 3 rings (SSSR count). The molecule has 0 saturated carbocycles. The molecule has 106 valence electrons. The molecule has 0 spiro atoms. The van der Waals surface area contributed by atoms with Gasteiger partial charge in [-0.15, -0.1) is 0 Å². The van der Waals surface area contributed by atoms with Gasteiger partial charge in [-0.1, -0.05) is 29.3 Å². The smallest absolute Gasteiger partial charge is 0.129 e. The molecule has 20 heavy (non-hydrogen) atoms. The molecule has 1 atom stereocenters. The molecule has 1 saturated heterocycles. The van der Waals surface area contributed by atoms with Crippen LogP contribution in [0.25, 0.3) is 11.1 Å². The van der Waals surface area contributed by atoms with Crippen LogP contribution >= 0.6 is 23.2 Å². The molecule has 1 aromatic carbocycles. The highest BCUT2D eigenvalue weighted by atomic mass is 35.5. The van der Waals surface area contributed by atoms with Gasteiger partial charge >= 0.3 is 0 Å². The molecular weight excluding hydrogens is 297 g/mol. The zero-order valence-electron chi connectivity index (χ0n) is 11.1. The van der Waals surface area contributed by atoms with Gasteiger partial charge in [-0.25, -0.2) is 0 Å². The molecule has 2 aromatic rings. The van der Waals surface area contributed by atoms with Gasteiger partial charge in [0.25, 0.3) is 0 Å². The predicted molar refractivity (Wildman–Crippen MR) is 81.0 cm³/mol. The van der Waals surface area contributed by atoms with E-state index in [4.69, 9.17) is 33.7 Å². The Hall–Kier alpha value is -1.23. The first-order valence-corrected chi connectivity index (χ1v) is 7.23. The summed E-state index contributed by atoms with van der Waals surface area (Å²) >= 11 is 12.1. The van der Waals surface area contributed by atoms with Crippen molar-refractivity contribution < 1.29 is 4.74 Å². The number of nitrogens with zero attached hydrogens (tertiary/aromatic N) is 2. The van der Waals surface area contributed by atoms with Crippen LogP contribution in [0.5, 0.6) is 0 Å². The van der Waals surface area contributed by atoms with Gasteiger partial charge in [0, 0.05) is 19.2 Å². The van der Waals surface area contributed by atoms with E-state index in [1.54, 1.807) is 10.7 Å². The standard InChI is InChI=1S/C14H15Cl2N3O/c1-19-14(17)12(8-4-5-9(15)10(16)7-8)13(18-19)11-3-2-6-20-11/h4-5,7,11H,2-3,6,17H2,1H3. The highest BCUT2D eigenvalue weighted by Gasteiger charge is 2.27. The Morgan fingerprint density at radius 2 is 2.15 bits per heavy atom. The third kappa shape index (κ3) is 2.28. The van der Waals surface area contributed by atoms with Crippen molar-refractivity contribution in [3.63, 3.8) is 0 Å². The van der Waals surface area contributed by atoms with Crippen molar-refractivity contribution >= 4 is 29.0 Å². The Morgan fingerprint density at radius 1 is 1.35 bits per heavy atom. The van der Waals surface area contributed by atoms with Gasteiger partial charge in [0.05, 0.1) is 10.0 Å². The first-order chi connectivity index (χ1) is 9.58. The first-order valence-electron chi connectivity index (χ1n) is 6.47. The van der Waals surface area contributed by atoms with Gasteiger partial charge in [0.15, 0.2) is 0 Å². The van der Waals surface area contributed by atoms with Crippen LogP contribution in [-0.2, 0) is 11.8 Å². The van der Waals surface area contributed by atoms with E-state index in [1.165, 1.54) is 0 Å². The average Bonchev–Trinajstić information content (AvgIpc) is 3.03. The second kappa shape index (κ2) is 5.28. The van der Waals surface area contributed by atoms with Gasteiger partial charge in [-0.05, 0) is 30.5 Å². The molecule has 1 fully saturated rings. The van der Waals surface area contributed by atoms with Crippen molar-refractivity contribution in [3.8, 4) is 11.1 Å². The fourth-order valence-corrected chi connectivity index (χ4v) is 2.82. The molecule has 0 bridgehead atoms. The highest BCUT2D eigenvalue weighted by Crippen LogP contribution is 2.39. The van der Waals surface area contributed by atoms with Crippen LogP contribution < -0.4 is 5.73 Å². The lowest BCUT2D eigenvalue weighted by Crippen LogP contribution is -2.00. The summed E-state index contributed by atoms with van der Waals surface area (Å²) in [6.07, 6.45) is 2.01. The minimum absolute atomic E-state index is 0.00273. The van der Waals surface area contributed by atoms with E-state index in [-0.39, 0.29) is 6.10 Å². The van der Waals surface area contributed by atoms with Crippen LogP contribution in [0.15, 0.2) is 18.2 Å². The molecule has 6 heteroatoms. The topological polar surface area (TPSA) is 53.1 Å². The summed E-state index contributed by atoms with van der Waals surface area (Å²) in [6.45, 7) is 0.766. The molecule has 2 N–H and O–H groups in total. The number of halogens is 2. The molecule has 0 radical (unpaired) electrons. The van der Waals surface area contributed by atoms with E-state index in [1.807, 2.05) is 19.2 Å². The summed E-state index contributed by atoms with van der Waals surface area (Å²) in [6, 6.07) is 5.49. The van der Waals surface area contributed by atoms with Gasteiger partial charge in [-0.2, -0.15) is 5.10 Å². The lowest BCUT2D eigenvalue weighted by molar-refractivity contribution is 0.108. The van der Waals surface area contributed by atoms with Crippen LogP contribution in [0.2, 0.25) is 10.0 Å². The molecular formula is C14H15Cl2N3O. The number of aryl methyl sites for hydroxylation is 1. The SMILES string of the molecule is Cn1nc(C2CCCO2)c(-c2ccc(Cl)c(Cl)c2)c1N. The first kappa shape index (κ1) is 13.7. The van der Waals surface area contributed by atoms with E-state index in [0.717, 1.165) is 36.3 Å². The summed E-state index contributed by atoms with van der Waals surface area (Å²) in [5, 5.41) is 5.54. The maximum atomic E-state index is 6.16. The zero-order valence-corrected chi connectivity index (χ0v) is 12.6. The van der Waals surface area contributed by atoms with Crippen LogP contribution in [-0.4, -0.2) is 16.4 Å². The fraction of sp³-hybridized carbons (Fsp3) is 0.357. The lowest BCUT2D eigenvalue weighted by Gasteiger charge is -2.10. The number of ether oxygens (including phenoxy) is 1. The van der Waals surface area contributed by atoms with Crippen LogP contribution in [0, 0.1) is 0 Å². The quantitative estimate of drug-likeness (QED) is 0.917. The second-order valence-electron chi connectivity index (χ2n) is 4.90. The van der Waals surface area contributed by atoms with E-state index >= 15 is 0 Å². The predicted octanol–water partition coefficient (Wildman–Crippen LogP) is 3.83. The molecule has 0 aliphatic carbocycles. The minimum Gasteiger partial charge on any atom is -0.383 e. The van der Waals surface area contributed by atoms with Crippen LogP contribution in [0.4, 0.5) is 5.82 Å². The molecule has 1 aliphatic rings. The summed E-state index contributed by atoms with van der Waals surface area (Å²) in [5.74, 6) is 0.605. The summed E-state index contributed by atoms with van der Waals surface area (Å²) in [7, 11) is 1.83. The van der Waals surface area contributed by atoms with Gasteiger partial charge in [0.1, 0.15) is 17.6 Å². The normalized spacial score (nSPS) is 18.6. The number of nitrogens with two attached hydrogens (primary N) is 1. The maximum Gasteiger partial charge on any atom is 0.129 e. The number of rotatable bonds is 2. The number of nitrogen functional groups attached to an aromatic ring is 1. The Labute approximate surface area is 127 Å². The summed E-state index contributed by atoms with van der Waals surface area (Å²) in [5.41, 5.74) is 8.84. The molecule has 1 unspecified atom stereocenters. The third-order valence-electron chi connectivity index (χ3n) is 3.56. The molecule has 2 heterocycles. The number of hydrogen-bond acceptors (Lipinski definition) is 3. The highest BCUT2D eigenvalue weighted by molar-refractivity contribution is 6.42. The van der Waals surface area contributed by atoms with Crippen molar-refractivity contribution in [2.75, 3.05) is 12.3 Å². The number of hydrogen-bond donors (Lipinski definition) is 1. The van der Waals surface area contributed by atoms with Crippen molar-refractivity contribution in [1.82, 2.24) is 9.78 Å². The molecule has 0 amide bonds. The largest absolute Gasteiger partial charge is 0.383 e. The average molecular weight is 312 g/mol. The number of aromatic nitrogens is 2.